The summed E-state index contributed by atoms with van der Waals surface area (Å²) in [5.41, 5.74) is 2.90. The second-order valence-electron chi connectivity index (χ2n) is 9.15. The lowest BCUT2D eigenvalue weighted by Gasteiger charge is -2.19. The summed E-state index contributed by atoms with van der Waals surface area (Å²) < 4.78 is 7.96. The van der Waals surface area contributed by atoms with Crippen LogP contribution in [0.5, 0.6) is 11.5 Å². The summed E-state index contributed by atoms with van der Waals surface area (Å²) in [5, 5.41) is 5.68. The van der Waals surface area contributed by atoms with E-state index in [0.717, 1.165) is 46.9 Å². The molecule has 2 amide bonds. The van der Waals surface area contributed by atoms with Gasteiger partial charge in [-0.3, -0.25) is 14.5 Å². The Morgan fingerprint density at radius 2 is 1.43 bits per heavy atom. The van der Waals surface area contributed by atoms with Crippen LogP contribution < -0.4 is 14.5 Å². The number of carbonyl (C=O) groups excluding carboxylic acids is 1. The number of rotatable bonds is 7. The highest BCUT2D eigenvalue weighted by atomic mass is 16.5. The summed E-state index contributed by atoms with van der Waals surface area (Å²) >= 11 is 0. The van der Waals surface area contributed by atoms with Crippen molar-refractivity contribution in [3.8, 4) is 11.5 Å². The van der Waals surface area contributed by atoms with Crippen LogP contribution in [-0.4, -0.2) is 53.4 Å². The number of benzene rings is 3. The van der Waals surface area contributed by atoms with Crippen LogP contribution in [0.2, 0.25) is 0 Å². The molecule has 0 unspecified atom stereocenters. The predicted octanol–water partition coefficient (Wildman–Crippen LogP) is 5.37. The van der Waals surface area contributed by atoms with Gasteiger partial charge in [0.25, 0.3) is 0 Å². The standard InChI is InChI=1S/C28H29N5O2/c34-28-31(23-8-11-26(12-9-23)35-25-6-2-1-3-7-25)17-18-32(28)24-10-13-27-22(20-24)21-29-33(27)19-16-30-14-4-5-15-30/h1-3,6-13,20-21H,4-5,14-19H2. The third-order valence-corrected chi connectivity index (χ3v) is 6.90. The molecular weight excluding hydrogens is 438 g/mol. The normalized spacial score (nSPS) is 16.5. The lowest BCUT2D eigenvalue weighted by molar-refractivity contribution is 0.256. The highest BCUT2D eigenvalue weighted by Crippen LogP contribution is 2.30. The maximum atomic E-state index is 13.3. The summed E-state index contributed by atoms with van der Waals surface area (Å²) in [6.07, 6.45) is 4.51. The predicted molar refractivity (Wildman–Crippen MR) is 138 cm³/mol. The van der Waals surface area contributed by atoms with Gasteiger partial charge in [0.2, 0.25) is 0 Å². The van der Waals surface area contributed by atoms with Crippen molar-refractivity contribution in [3.05, 3.63) is 79.0 Å². The molecule has 35 heavy (non-hydrogen) atoms. The van der Waals surface area contributed by atoms with E-state index in [9.17, 15) is 4.79 Å². The summed E-state index contributed by atoms with van der Waals surface area (Å²) in [7, 11) is 0. The molecule has 178 valence electrons. The Labute approximate surface area is 205 Å². The molecule has 7 heteroatoms. The average Bonchev–Trinajstić information content (AvgIpc) is 3.64. The van der Waals surface area contributed by atoms with Crippen LogP contribution in [-0.2, 0) is 6.54 Å². The zero-order chi connectivity index (χ0) is 23.6. The Kier molecular flexibility index (Phi) is 5.84. The number of para-hydroxylation sites is 1. The molecule has 2 aliphatic heterocycles. The Balaban J connectivity index is 1.13. The molecule has 0 radical (unpaired) electrons. The van der Waals surface area contributed by atoms with E-state index in [2.05, 4.69) is 26.8 Å². The van der Waals surface area contributed by atoms with E-state index in [4.69, 9.17) is 4.74 Å². The molecule has 2 fully saturated rings. The van der Waals surface area contributed by atoms with Crippen LogP contribution in [0.3, 0.4) is 0 Å². The lowest BCUT2D eigenvalue weighted by atomic mass is 10.2. The number of anilines is 2. The molecule has 0 atom stereocenters. The minimum atomic E-state index is -0.0116. The van der Waals surface area contributed by atoms with Crippen molar-refractivity contribution >= 4 is 28.3 Å². The molecule has 0 N–H and O–H groups in total. The fourth-order valence-corrected chi connectivity index (χ4v) is 5.00. The Morgan fingerprint density at radius 3 is 2.20 bits per heavy atom. The fourth-order valence-electron chi connectivity index (χ4n) is 5.00. The minimum absolute atomic E-state index is 0.0116. The smallest absolute Gasteiger partial charge is 0.329 e. The number of carbonyl (C=O) groups is 1. The van der Waals surface area contributed by atoms with Gasteiger partial charge in [0.1, 0.15) is 11.5 Å². The summed E-state index contributed by atoms with van der Waals surface area (Å²) in [5.74, 6) is 1.54. The summed E-state index contributed by atoms with van der Waals surface area (Å²) in [4.78, 5) is 19.4. The third-order valence-electron chi connectivity index (χ3n) is 6.90. The molecule has 2 saturated heterocycles. The highest BCUT2D eigenvalue weighted by Gasteiger charge is 2.31. The zero-order valence-corrected chi connectivity index (χ0v) is 19.7. The molecule has 4 aromatic rings. The molecule has 7 nitrogen and oxygen atoms in total. The topological polar surface area (TPSA) is 53.8 Å². The van der Waals surface area contributed by atoms with Crippen LogP contribution in [0.4, 0.5) is 16.2 Å². The number of likely N-dealkylation sites (tertiary alicyclic amines) is 1. The number of hydrogen-bond acceptors (Lipinski definition) is 4. The highest BCUT2D eigenvalue weighted by molar-refractivity contribution is 6.06. The number of amides is 2. The number of hydrogen-bond donors (Lipinski definition) is 0. The second-order valence-corrected chi connectivity index (χ2v) is 9.15. The first-order valence-corrected chi connectivity index (χ1v) is 12.3. The molecule has 0 saturated carbocycles. The van der Waals surface area contributed by atoms with E-state index < -0.39 is 0 Å². The molecule has 3 heterocycles. The van der Waals surface area contributed by atoms with Gasteiger partial charge in [-0.2, -0.15) is 5.10 Å². The van der Waals surface area contributed by atoms with E-state index >= 15 is 0 Å². The van der Waals surface area contributed by atoms with Gasteiger partial charge in [-0.15, -0.1) is 0 Å². The van der Waals surface area contributed by atoms with Crippen LogP contribution in [0.25, 0.3) is 10.9 Å². The van der Waals surface area contributed by atoms with Crippen molar-refractivity contribution in [1.82, 2.24) is 14.7 Å². The Morgan fingerprint density at radius 1 is 0.743 bits per heavy atom. The lowest BCUT2D eigenvalue weighted by Crippen LogP contribution is -2.31. The number of fused-ring (bicyclic) bond motifs is 1. The Hall–Kier alpha value is -3.84. The van der Waals surface area contributed by atoms with Gasteiger partial charge in [-0.1, -0.05) is 18.2 Å². The van der Waals surface area contributed by atoms with Crippen molar-refractivity contribution in [2.24, 2.45) is 0 Å². The monoisotopic (exact) mass is 467 g/mol. The van der Waals surface area contributed by atoms with Gasteiger partial charge >= 0.3 is 6.03 Å². The molecular formula is C28H29N5O2. The maximum Gasteiger partial charge on any atom is 0.329 e. The zero-order valence-electron chi connectivity index (χ0n) is 19.7. The third kappa shape index (κ3) is 4.47. The minimum Gasteiger partial charge on any atom is -0.457 e. The molecule has 1 aromatic heterocycles. The molecule has 0 bridgehead atoms. The van der Waals surface area contributed by atoms with Crippen LogP contribution >= 0.6 is 0 Å². The molecule has 3 aromatic carbocycles. The quantitative estimate of drug-likeness (QED) is 0.367. The maximum absolute atomic E-state index is 13.3. The fraction of sp³-hybridized carbons (Fsp3) is 0.286. The molecule has 2 aliphatic rings. The van der Waals surface area contributed by atoms with Gasteiger partial charge in [0, 0.05) is 36.4 Å². The van der Waals surface area contributed by atoms with Gasteiger partial charge in [0.05, 0.1) is 18.3 Å². The van der Waals surface area contributed by atoms with Crippen LogP contribution in [0.15, 0.2) is 79.0 Å². The average molecular weight is 468 g/mol. The second kappa shape index (κ2) is 9.43. The first-order chi connectivity index (χ1) is 17.2. The number of nitrogens with zero attached hydrogens (tertiary/aromatic N) is 5. The van der Waals surface area contributed by atoms with Crippen LogP contribution in [0.1, 0.15) is 12.8 Å². The molecule has 6 rings (SSSR count). The van der Waals surface area contributed by atoms with Crippen molar-refractivity contribution in [1.29, 1.82) is 0 Å². The number of aromatic nitrogens is 2. The summed E-state index contributed by atoms with van der Waals surface area (Å²) in [6.45, 7) is 5.61. The van der Waals surface area contributed by atoms with E-state index in [1.165, 1.54) is 25.9 Å². The Bertz CT molecular complexity index is 1310. The largest absolute Gasteiger partial charge is 0.457 e. The molecule has 0 spiro atoms. The van der Waals surface area contributed by atoms with Gasteiger partial charge in [-0.05, 0) is 80.5 Å². The van der Waals surface area contributed by atoms with Gasteiger partial charge in [0.15, 0.2) is 0 Å². The number of urea groups is 1. The van der Waals surface area contributed by atoms with Gasteiger partial charge in [-0.25, -0.2) is 4.79 Å². The van der Waals surface area contributed by atoms with Crippen molar-refractivity contribution in [2.45, 2.75) is 19.4 Å². The van der Waals surface area contributed by atoms with Crippen molar-refractivity contribution in [2.75, 3.05) is 42.5 Å². The van der Waals surface area contributed by atoms with E-state index in [0.29, 0.717) is 13.1 Å². The van der Waals surface area contributed by atoms with Crippen molar-refractivity contribution < 1.29 is 9.53 Å². The van der Waals surface area contributed by atoms with Gasteiger partial charge < -0.3 is 9.64 Å². The van der Waals surface area contributed by atoms with E-state index in [1.54, 1.807) is 0 Å². The van der Waals surface area contributed by atoms with Crippen molar-refractivity contribution in [3.63, 3.8) is 0 Å². The van der Waals surface area contributed by atoms with E-state index in [1.807, 2.05) is 76.7 Å². The molecule has 0 aliphatic carbocycles. The van der Waals surface area contributed by atoms with Crippen LogP contribution in [0, 0.1) is 0 Å². The SMILES string of the molecule is O=C1N(c2ccc(Oc3ccccc3)cc2)CCN1c1ccc2c(cnn2CCN2CCCC2)c1. The first kappa shape index (κ1) is 21.7. The summed E-state index contributed by atoms with van der Waals surface area (Å²) in [6, 6.07) is 23.6. The number of ether oxygens (including phenoxy) is 1. The van der Waals surface area contributed by atoms with E-state index in [-0.39, 0.29) is 6.03 Å². The first-order valence-electron chi connectivity index (χ1n) is 12.3.